The third kappa shape index (κ3) is 5.26. The van der Waals surface area contributed by atoms with E-state index < -0.39 is 0 Å². The lowest BCUT2D eigenvalue weighted by Gasteiger charge is -2.26. The monoisotopic (exact) mass is 283 g/mol. The van der Waals surface area contributed by atoms with Gasteiger partial charge in [0.15, 0.2) is 0 Å². The predicted molar refractivity (Wildman–Crippen MR) is 75.4 cm³/mol. The summed E-state index contributed by atoms with van der Waals surface area (Å²) < 4.78 is 5.28. The van der Waals surface area contributed by atoms with Crippen LogP contribution in [0.3, 0.4) is 0 Å². The van der Waals surface area contributed by atoms with Crippen LogP contribution in [-0.4, -0.2) is 55.2 Å². The number of ether oxygens (including phenoxy) is 1. The van der Waals surface area contributed by atoms with Crippen molar-refractivity contribution in [1.82, 2.24) is 15.2 Å². The van der Waals surface area contributed by atoms with E-state index in [0.717, 1.165) is 56.5 Å². The Balaban J connectivity index is 1.56. The Morgan fingerprint density at radius 3 is 3.00 bits per heavy atom. The highest BCUT2D eigenvalue weighted by molar-refractivity contribution is 7.09. The molecule has 0 spiro atoms. The average molecular weight is 283 g/mol. The number of aryl methyl sites for hydroxylation is 2. The standard InChI is InChI=1S/C13H21N3O2S/c1-11-10-19-13(15-11)3-2-12(17)14-4-5-16-6-8-18-9-7-16/h10H,2-9H2,1H3,(H,14,17). The molecule has 1 aliphatic rings. The average Bonchev–Trinajstić information content (AvgIpc) is 2.83. The zero-order valence-corrected chi connectivity index (χ0v) is 12.2. The van der Waals surface area contributed by atoms with Crippen molar-refractivity contribution in [3.8, 4) is 0 Å². The van der Waals surface area contributed by atoms with Gasteiger partial charge in [0.2, 0.25) is 5.91 Å². The van der Waals surface area contributed by atoms with Crippen LogP contribution in [0.2, 0.25) is 0 Å². The topological polar surface area (TPSA) is 54.5 Å². The van der Waals surface area contributed by atoms with Crippen LogP contribution >= 0.6 is 11.3 Å². The first-order valence-electron chi connectivity index (χ1n) is 6.72. The van der Waals surface area contributed by atoms with Gasteiger partial charge in [-0.25, -0.2) is 4.98 Å². The molecule has 1 amide bonds. The van der Waals surface area contributed by atoms with E-state index in [-0.39, 0.29) is 5.91 Å². The summed E-state index contributed by atoms with van der Waals surface area (Å²) in [4.78, 5) is 18.4. The molecule has 1 aromatic heterocycles. The summed E-state index contributed by atoms with van der Waals surface area (Å²) in [6, 6.07) is 0. The maximum atomic E-state index is 11.7. The number of nitrogens with zero attached hydrogens (tertiary/aromatic N) is 2. The fraction of sp³-hybridized carbons (Fsp3) is 0.692. The number of carbonyl (C=O) groups excluding carboxylic acids is 1. The number of hydrogen-bond donors (Lipinski definition) is 1. The van der Waals surface area contributed by atoms with Crippen molar-refractivity contribution >= 4 is 17.2 Å². The smallest absolute Gasteiger partial charge is 0.220 e. The van der Waals surface area contributed by atoms with E-state index >= 15 is 0 Å². The first-order chi connectivity index (χ1) is 9.24. The lowest BCUT2D eigenvalue weighted by molar-refractivity contribution is -0.121. The van der Waals surface area contributed by atoms with Gasteiger partial charge < -0.3 is 10.1 Å². The third-order valence-electron chi connectivity index (χ3n) is 3.09. The molecule has 6 heteroatoms. The molecule has 2 rings (SSSR count). The number of nitrogens with one attached hydrogen (secondary N) is 1. The van der Waals surface area contributed by atoms with Crippen molar-refractivity contribution in [2.45, 2.75) is 19.8 Å². The molecule has 1 aromatic rings. The fourth-order valence-electron chi connectivity index (χ4n) is 2.00. The largest absolute Gasteiger partial charge is 0.379 e. The number of morpholine rings is 1. The van der Waals surface area contributed by atoms with Gasteiger partial charge in [0.05, 0.1) is 18.2 Å². The van der Waals surface area contributed by atoms with Crippen molar-refractivity contribution in [3.63, 3.8) is 0 Å². The van der Waals surface area contributed by atoms with E-state index in [1.807, 2.05) is 12.3 Å². The molecule has 0 radical (unpaired) electrons. The van der Waals surface area contributed by atoms with Crippen molar-refractivity contribution in [3.05, 3.63) is 16.1 Å². The molecule has 0 atom stereocenters. The van der Waals surface area contributed by atoms with Crippen LogP contribution in [0, 0.1) is 6.92 Å². The van der Waals surface area contributed by atoms with Gasteiger partial charge in [-0.2, -0.15) is 0 Å². The maximum absolute atomic E-state index is 11.7. The van der Waals surface area contributed by atoms with Crippen LogP contribution in [0.25, 0.3) is 0 Å². The first kappa shape index (κ1) is 14.4. The summed E-state index contributed by atoms with van der Waals surface area (Å²) in [6.45, 7) is 7.14. The Kier molecular flexibility index (Phi) is 5.75. The van der Waals surface area contributed by atoms with E-state index in [0.29, 0.717) is 6.42 Å². The summed E-state index contributed by atoms with van der Waals surface area (Å²) in [5, 5.41) is 6.02. The van der Waals surface area contributed by atoms with Gasteiger partial charge >= 0.3 is 0 Å². The molecule has 5 nitrogen and oxygen atoms in total. The molecule has 1 fully saturated rings. The van der Waals surface area contributed by atoms with Crippen LogP contribution < -0.4 is 5.32 Å². The van der Waals surface area contributed by atoms with Gasteiger partial charge in [-0.1, -0.05) is 0 Å². The summed E-state index contributed by atoms with van der Waals surface area (Å²) in [7, 11) is 0. The van der Waals surface area contributed by atoms with Gasteiger partial charge in [-0.15, -0.1) is 11.3 Å². The lowest BCUT2D eigenvalue weighted by atomic mass is 10.3. The number of amides is 1. The van der Waals surface area contributed by atoms with Crippen molar-refractivity contribution in [1.29, 1.82) is 0 Å². The van der Waals surface area contributed by atoms with Gasteiger partial charge in [0.1, 0.15) is 0 Å². The highest BCUT2D eigenvalue weighted by Gasteiger charge is 2.10. The molecule has 1 aliphatic heterocycles. The number of carbonyl (C=O) groups is 1. The number of thiazole rings is 1. The van der Waals surface area contributed by atoms with Crippen LogP contribution in [0.4, 0.5) is 0 Å². The van der Waals surface area contributed by atoms with Gasteiger partial charge in [0.25, 0.3) is 0 Å². The maximum Gasteiger partial charge on any atom is 0.220 e. The second-order valence-corrected chi connectivity index (χ2v) is 5.63. The molecule has 106 valence electrons. The lowest BCUT2D eigenvalue weighted by Crippen LogP contribution is -2.41. The Hall–Kier alpha value is -0.980. The summed E-state index contributed by atoms with van der Waals surface area (Å²) in [5.74, 6) is 0.112. The molecule has 1 saturated heterocycles. The van der Waals surface area contributed by atoms with E-state index in [9.17, 15) is 4.79 Å². The van der Waals surface area contributed by atoms with E-state index in [1.165, 1.54) is 0 Å². The number of rotatable bonds is 6. The van der Waals surface area contributed by atoms with Crippen LogP contribution in [0.1, 0.15) is 17.1 Å². The molecular weight excluding hydrogens is 262 g/mol. The minimum absolute atomic E-state index is 0.112. The molecule has 0 aromatic carbocycles. The molecular formula is C13H21N3O2S. The minimum atomic E-state index is 0.112. The highest BCUT2D eigenvalue weighted by Crippen LogP contribution is 2.10. The van der Waals surface area contributed by atoms with E-state index in [2.05, 4.69) is 15.2 Å². The normalized spacial score (nSPS) is 16.5. The number of aromatic nitrogens is 1. The van der Waals surface area contributed by atoms with Gasteiger partial charge in [0, 0.05) is 50.1 Å². The summed E-state index contributed by atoms with van der Waals surface area (Å²) >= 11 is 1.62. The predicted octanol–water partition coefficient (Wildman–Crippen LogP) is 0.833. The minimum Gasteiger partial charge on any atom is -0.379 e. The van der Waals surface area contributed by atoms with E-state index in [1.54, 1.807) is 11.3 Å². The van der Waals surface area contributed by atoms with Gasteiger partial charge in [-0.05, 0) is 6.92 Å². The summed E-state index contributed by atoms with van der Waals surface area (Å²) in [5.41, 5.74) is 1.03. The Bertz CT molecular complexity index is 402. The zero-order chi connectivity index (χ0) is 13.5. The van der Waals surface area contributed by atoms with Crippen LogP contribution in [0.5, 0.6) is 0 Å². The van der Waals surface area contributed by atoms with Crippen molar-refractivity contribution < 1.29 is 9.53 Å². The molecule has 0 bridgehead atoms. The molecule has 0 aliphatic carbocycles. The number of hydrogen-bond acceptors (Lipinski definition) is 5. The zero-order valence-electron chi connectivity index (χ0n) is 11.4. The Labute approximate surface area is 118 Å². The highest BCUT2D eigenvalue weighted by atomic mass is 32.1. The SMILES string of the molecule is Cc1csc(CCC(=O)NCCN2CCOCC2)n1. The van der Waals surface area contributed by atoms with Crippen LogP contribution in [0.15, 0.2) is 5.38 Å². The van der Waals surface area contributed by atoms with Gasteiger partial charge in [-0.3, -0.25) is 9.69 Å². The van der Waals surface area contributed by atoms with E-state index in [4.69, 9.17) is 4.74 Å². The second kappa shape index (κ2) is 7.57. The molecule has 2 heterocycles. The summed E-state index contributed by atoms with van der Waals surface area (Å²) in [6.07, 6.45) is 1.26. The second-order valence-electron chi connectivity index (χ2n) is 4.69. The third-order valence-corrected chi connectivity index (χ3v) is 4.11. The molecule has 0 saturated carbocycles. The molecule has 0 unspecified atom stereocenters. The molecule has 19 heavy (non-hydrogen) atoms. The Morgan fingerprint density at radius 1 is 1.53 bits per heavy atom. The van der Waals surface area contributed by atoms with Crippen molar-refractivity contribution in [2.75, 3.05) is 39.4 Å². The first-order valence-corrected chi connectivity index (χ1v) is 7.60. The quantitative estimate of drug-likeness (QED) is 0.840. The fourth-order valence-corrected chi connectivity index (χ4v) is 2.78. The van der Waals surface area contributed by atoms with Crippen LogP contribution in [-0.2, 0) is 16.0 Å². The molecule has 1 N–H and O–H groups in total. The van der Waals surface area contributed by atoms with Crippen molar-refractivity contribution in [2.24, 2.45) is 0 Å². The Morgan fingerprint density at radius 2 is 2.32 bits per heavy atom.